The van der Waals surface area contributed by atoms with E-state index < -0.39 is 48.3 Å². The minimum Gasteiger partial charge on any atom is -0.547 e. The molecule has 0 fully saturated rings. The van der Waals surface area contributed by atoms with E-state index in [4.69, 9.17) is 20.4 Å². The summed E-state index contributed by atoms with van der Waals surface area (Å²) in [5.41, 5.74) is 0. The van der Waals surface area contributed by atoms with E-state index in [1.54, 1.807) is 0 Å². The van der Waals surface area contributed by atoms with Crippen molar-refractivity contribution in [3.63, 3.8) is 0 Å². The number of carbonyl (C=O) groups is 4. The van der Waals surface area contributed by atoms with Crippen LogP contribution in [0.25, 0.3) is 0 Å². The predicted octanol–water partition coefficient (Wildman–Crippen LogP) is -7.91. The fraction of sp³-hybridized carbons (Fsp3) is 0.667. The van der Waals surface area contributed by atoms with Crippen LogP contribution in [0.4, 0.5) is 0 Å². The van der Waals surface area contributed by atoms with Gasteiger partial charge in [0, 0.05) is 0 Å². The third-order valence-electron chi connectivity index (χ3n) is 1.36. The fourth-order valence-electron chi connectivity index (χ4n) is 0. The van der Waals surface area contributed by atoms with Gasteiger partial charge in [0.2, 0.25) is 0 Å². The third kappa shape index (κ3) is 49.5. The van der Waals surface area contributed by atoms with Gasteiger partial charge in [-0.1, -0.05) is 0 Å². The van der Waals surface area contributed by atoms with E-state index in [0.717, 1.165) is 27.7 Å². The zero-order chi connectivity index (χ0) is 20.6. The first-order valence-corrected chi connectivity index (χ1v) is 6.13. The predicted molar refractivity (Wildman–Crippen MR) is 72.5 cm³/mol. The maximum atomic E-state index is 9.34. The van der Waals surface area contributed by atoms with Crippen molar-refractivity contribution in [1.29, 1.82) is 0 Å². The molecular formula is C12H20CaO12Zn. The molecule has 0 aromatic heterocycles. The van der Waals surface area contributed by atoms with Crippen molar-refractivity contribution in [1.82, 2.24) is 0 Å². The van der Waals surface area contributed by atoms with Crippen LogP contribution in [0.5, 0.6) is 0 Å². The Morgan fingerprint density at radius 1 is 0.538 bits per heavy atom. The van der Waals surface area contributed by atoms with Crippen LogP contribution in [-0.2, 0) is 38.7 Å². The molecule has 0 spiro atoms. The second-order valence-corrected chi connectivity index (χ2v) is 3.98. The number of carbonyl (C=O) groups excluding carboxylic acids is 4. The monoisotopic (exact) mass is 460 g/mol. The molecule has 14 heteroatoms. The minimum absolute atomic E-state index is 0. The molecule has 0 aliphatic rings. The van der Waals surface area contributed by atoms with Crippen molar-refractivity contribution < 1.29 is 79.5 Å². The molecule has 0 amide bonds. The van der Waals surface area contributed by atoms with E-state index in [1.165, 1.54) is 0 Å². The second kappa shape index (κ2) is 24.6. The minimum atomic E-state index is -1.44. The molecule has 0 aliphatic carbocycles. The summed E-state index contributed by atoms with van der Waals surface area (Å²) in [4.78, 5) is 37.4. The Morgan fingerprint density at radius 2 is 0.577 bits per heavy atom. The molecule has 0 rings (SSSR count). The second-order valence-electron chi connectivity index (χ2n) is 3.98. The summed E-state index contributed by atoms with van der Waals surface area (Å²) in [7, 11) is 0. The standard InChI is InChI=1S/4C3H6O3.Ca.Zn/c4*1-2(4)3(5)6;;/h4*2,4H,1H3,(H,5,6);;/q;;;;2*+2/p-4. The maximum absolute atomic E-state index is 9.34. The molecule has 144 valence electrons. The van der Waals surface area contributed by atoms with Gasteiger partial charge >= 0.3 is 57.2 Å². The zero-order valence-electron chi connectivity index (χ0n) is 14.8. The van der Waals surface area contributed by atoms with Crippen LogP contribution < -0.4 is 20.4 Å². The summed E-state index contributed by atoms with van der Waals surface area (Å²) in [6.07, 6.45) is -5.37. The topological polar surface area (TPSA) is 241 Å². The van der Waals surface area contributed by atoms with Crippen LogP contribution in [0, 0.1) is 0 Å². The quantitative estimate of drug-likeness (QED) is 0.285. The fourth-order valence-corrected chi connectivity index (χ4v) is 0. The van der Waals surface area contributed by atoms with E-state index in [1.807, 2.05) is 0 Å². The molecule has 12 nitrogen and oxygen atoms in total. The molecular weight excluding hydrogens is 442 g/mol. The van der Waals surface area contributed by atoms with E-state index >= 15 is 0 Å². The number of rotatable bonds is 4. The molecule has 0 aromatic rings. The van der Waals surface area contributed by atoms with Gasteiger partial charge in [-0.15, -0.1) is 0 Å². The van der Waals surface area contributed by atoms with Crippen molar-refractivity contribution in [3.8, 4) is 0 Å². The molecule has 26 heavy (non-hydrogen) atoms. The van der Waals surface area contributed by atoms with Gasteiger partial charge < -0.3 is 60.0 Å². The average Bonchev–Trinajstić information content (AvgIpc) is 2.40. The van der Waals surface area contributed by atoms with Crippen LogP contribution in [0.1, 0.15) is 27.7 Å². The van der Waals surface area contributed by atoms with Crippen LogP contribution in [0.3, 0.4) is 0 Å². The van der Waals surface area contributed by atoms with Crippen molar-refractivity contribution in [2.24, 2.45) is 0 Å². The van der Waals surface area contributed by atoms with Crippen LogP contribution in [0.2, 0.25) is 0 Å². The zero-order valence-corrected chi connectivity index (χ0v) is 20.0. The molecule has 0 radical (unpaired) electrons. The van der Waals surface area contributed by atoms with Crippen molar-refractivity contribution in [3.05, 3.63) is 0 Å². The van der Waals surface area contributed by atoms with Gasteiger partial charge in [-0.25, -0.2) is 0 Å². The Morgan fingerprint density at radius 3 is 0.577 bits per heavy atom. The number of aliphatic carboxylic acids is 4. The number of aliphatic hydroxyl groups excluding tert-OH is 4. The summed E-state index contributed by atoms with van der Waals surface area (Å²) in [6, 6.07) is 0. The number of aliphatic hydroxyl groups is 4. The van der Waals surface area contributed by atoms with E-state index in [-0.39, 0.29) is 57.2 Å². The summed E-state index contributed by atoms with van der Waals surface area (Å²) in [5, 5.41) is 69.2. The molecule has 0 saturated heterocycles. The summed E-state index contributed by atoms with van der Waals surface area (Å²) < 4.78 is 0. The summed E-state index contributed by atoms with van der Waals surface area (Å²) >= 11 is 0. The van der Waals surface area contributed by atoms with Gasteiger partial charge in [-0.3, -0.25) is 0 Å². The first-order chi connectivity index (χ1) is 10.6. The van der Waals surface area contributed by atoms with Gasteiger partial charge in [0.1, 0.15) is 0 Å². The largest absolute Gasteiger partial charge is 2.00 e. The van der Waals surface area contributed by atoms with Crippen molar-refractivity contribution in [2.75, 3.05) is 0 Å². The van der Waals surface area contributed by atoms with Gasteiger partial charge in [-0.05, 0) is 27.7 Å². The summed E-state index contributed by atoms with van der Waals surface area (Å²) in [5.74, 6) is -5.74. The summed E-state index contributed by atoms with van der Waals surface area (Å²) in [6.45, 7) is 4.54. The molecule has 4 N–H and O–H groups in total. The van der Waals surface area contributed by atoms with E-state index in [0.29, 0.717) is 0 Å². The Balaban J connectivity index is -0.0000000500. The first-order valence-electron chi connectivity index (χ1n) is 6.13. The smallest absolute Gasteiger partial charge is 0.547 e. The van der Waals surface area contributed by atoms with Crippen molar-refractivity contribution >= 4 is 61.6 Å². The van der Waals surface area contributed by atoms with Gasteiger partial charge in [0.05, 0.1) is 48.3 Å². The van der Waals surface area contributed by atoms with E-state index in [9.17, 15) is 39.6 Å². The number of carboxylic acids is 4. The normalized spacial score (nSPS) is 12.6. The molecule has 0 heterocycles. The first kappa shape index (κ1) is 40.3. The third-order valence-corrected chi connectivity index (χ3v) is 1.36. The van der Waals surface area contributed by atoms with Gasteiger partial charge in [-0.2, -0.15) is 0 Å². The maximum Gasteiger partial charge on any atom is 2.00 e. The van der Waals surface area contributed by atoms with E-state index in [2.05, 4.69) is 0 Å². The van der Waals surface area contributed by atoms with Crippen molar-refractivity contribution in [2.45, 2.75) is 52.1 Å². The van der Waals surface area contributed by atoms with Crippen LogP contribution in [0.15, 0.2) is 0 Å². The SMILES string of the molecule is CC(O)C(=O)[O-].CC(O)C(=O)[O-].CC(O)C(=O)[O-].CC(O)C(=O)[O-].[Ca+2].[Zn+2]. The molecule has 0 bridgehead atoms. The van der Waals surface area contributed by atoms with Gasteiger partial charge in [0.15, 0.2) is 0 Å². The number of hydrogen-bond acceptors (Lipinski definition) is 12. The molecule has 0 saturated carbocycles. The molecule has 4 atom stereocenters. The molecule has 4 unspecified atom stereocenters. The Hall–Kier alpha value is -0.397. The number of hydrogen-bond donors (Lipinski definition) is 4. The van der Waals surface area contributed by atoms with Crippen LogP contribution >= 0.6 is 0 Å². The average molecular weight is 462 g/mol. The Bertz CT molecular complexity index is 312. The van der Waals surface area contributed by atoms with Crippen LogP contribution in [-0.4, -0.2) is 106 Å². The molecule has 0 aliphatic heterocycles. The van der Waals surface area contributed by atoms with Gasteiger partial charge in [0.25, 0.3) is 0 Å². The number of carboxylic acid groups (broad SMARTS) is 4. The Kier molecular flexibility index (Phi) is 38.2. The Labute approximate surface area is 192 Å². The molecule has 0 aromatic carbocycles.